The molecule has 114 valence electrons. The lowest BCUT2D eigenvalue weighted by Crippen LogP contribution is -2.69. The monoisotopic (exact) mass is 284 g/mol. The number of hydrogen-bond acceptors (Lipinski definition) is 5. The lowest BCUT2D eigenvalue weighted by Gasteiger charge is -2.59. The Hall–Kier alpha value is -0.200. The summed E-state index contributed by atoms with van der Waals surface area (Å²) >= 11 is 0. The van der Waals surface area contributed by atoms with Crippen molar-refractivity contribution < 1.29 is 24.4 Å². The first kappa shape index (κ1) is 13.5. The summed E-state index contributed by atoms with van der Waals surface area (Å²) in [4.78, 5) is 11.7. The quantitative estimate of drug-likeness (QED) is 0.688. The van der Waals surface area contributed by atoms with Crippen molar-refractivity contribution in [3.63, 3.8) is 0 Å². The first-order chi connectivity index (χ1) is 9.46. The first-order valence-corrected chi connectivity index (χ1v) is 7.78. The van der Waals surface area contributed by atoms with E-state index in [1.54, 1.807) is 0 Å². The van der Waals surface area contributed by atoms with E-state index in [-0.39, 0.29) is 11.8 Å². The molecule has 4 heterocycles. The minimum atomic E-state index is -0.779. The summed E-state index contributed by atoms with van der Waals surface area (Å²) in [5, 5.41) is 10.2. The molecule has 2 bridgehead atoms. The van der Waals surface area contributed by atoms with Gasteiger partial charge in [0.1, 0.15) is 5.60 Å². The van der Waals surface area contributed by atoms with Crippen molar-refractivity contribution in [1.29, 1.82) is 0 Å². The largest absolute Gasteiger partial charge is 0.368 e. The maximum absolute atomic E-state index is 10.2. The Balaban J connectivity index is 1.82. The highest BCUT2D eigenvalue weighted by Crippen LogP contribution is 2.59. The van der Waals surface area contributed by atoms with Crippen LogP contribution < -0.4 is 0 Å². The van der Waals surface area contributed by atoms with Crippen molar-refractivity contribution in [2.24, 2.45) is 23.7 Å². The van der Waals surface area contributed by atoms with Crippen LogP contribution in [0.3, 0.4) is 0 Å². The molecule has 0 aromatic carbocycles. The molecule has 4 saturated heterocycles. The zero-order chi connectivity index (χ0) is 14.1. The standard InChI is InChI=1S/C15H24O5/c1-8-4-5-10-9(2)12(16)18-13-15(10)11(8)6-14(3,7-17-13)19-20-15/h8-13,16H,4-7H2,1-3H3/t8-,9+,10-,11+,12-,13-,14-,15+/m1/s1. The Morgan fingerprint density at radius 2 is 1.90 bits per heavy atom. The van der Waals surface area contributed by atoms with Crippen LogP contribution in [0.15, 0.2) is 0 Å². The summed E-state index contributed by atoms with van der Waals surface area (Å²) < 4.78 is 11.7. The van der Waals surface area contributed by atoms with E-state index in [1.165, 1.54) is 6.42 Å². The summed E-state index contributed by atoms with van der Waals surface area (Å²) in [6.07, 6.45) is 1.83. The second kappa shape index (κ2) is 4.17. The van der Waals surface area contributed by atoms with Gasteiger partial charge in [-0.2, -0.15) is 0 Å². The Morgan fingerprint density at radius 3 is 2.70 bits per heavy atom. The first-order valence-electron chi connectivity index (χ1n) is 7.78. The van der Waals surface area contributed by atoms with Crippen molar-refractivity contribution in [3.05, 3.63) is 0 Å². The molecule has 8 atom stereocenters. The van der Waals surface area contributed by atoms with Gasteiger partial charge in [-0.15, -0.1) is 0 Å². The van der Waals surface area contributed by atoms with Crippen LogP contribution in [0.5, 0.6) is 0 Å². The molecule has 0 aromatic heterocycles. The fourth-order valence-corrected chi connectivity index (χ4v) is 4.87. The van der Waals surface area contributed by atoms with Crippen LogP contribution >= 0.6 is 0 Å². The summed E-state index contributed by atoms with van der Waals surface area (Å²) in [6.45, 7) is 6.81. The molecule has 5 rings (SSSR count). The Labute approximate surface area is 119 Å². The van der Waals surface area contributed by atoms with E-state index in [0.29, 0.717) is 18.4 Å². The maximum Gasteiger partial charge on any atom is 0.193 e. The van der Waals surface area contributed by atoms with Crippen LogP contribution in [0.25, 0.3) is 0 Å². The molecule has 5 aliphatic rings. The van der Waals surface area contributed by atoms with Gasteiger partial charge in [0, 0.05) is 17.8 Å². The SMILES string of the molecule is C[C@@H]1[C@H](O)O[C@H]2OC[C@@]3(C)C[C@H]4[C@H](C)CC[C@H]1[C@@]24OO3. The molecular formula is C15H24O5. The average Bonchev–Trinajstić information content (AvgIpc) is 2.63. The molecule has 0 radical (unpaired) electrons. The van der Waals surface area contributed by atoms with Crippen LogP contribution in [-0.4, -0.2) is 35.5 Å². The molecule has 5 nitrogen and oxygen atoms in total. The molecule has 1 aliphatic carbocycles. The van der Waals surface area contributed by atoms with Gasteiger partial charge in [0.15, 0.2) is 18.2 Å². The molecule has 5 heteroatoms. The molecule has 1 saturated carbocycles. The Morgan fingerprint density at radius 1 is 1.10 bits per heavy atom. The van der Waals surface area contributed by atoms with Crippen LogP contribution in [0, 0.1) is 23.7 Å². The molecule has 5 fully saturated rings. The lowest BCUT2D eigenvalue weighted by molar-refractivity contribution is -0.494. The third kappa shape index (κ3) is 1.56. The topological polar surface area (TPSA) is 57.2 Å². The van der Waals surface area contributed by atoms with Crippen LogP contribution in [-0.2, 0) is 19.2 Å². The number of hydrogen-bond donors (Lipinski definition) is 1. The maximum atomic E-state index is 10.2. The molecule has 0 amide bonds. The normalized spacial score (nSPS) is 61.8. The predicted molar refractivity (Wildman–Crippen MR) is 69.3 cm³/mol. The average molecular weight is 284 g/mol. The molecule has 20 heavy (non-hydrogen) atoms. The van der Waals surface area contributed by atoms with Crippen LogP contribution in [0.4, 0.5) is 0 Å². The molecular weight excluding hydrogens is 260 g/mol. The molecule has 1 spiro atoms. The fraction of sp³-hybridized carbons (Fsp3) is 1.00. The minimum absolute atomic E-state index is 0.0379. The highest BCUT2D eigenvalue weighted by Gasteiger charge is 2.69. The van der Waals surface area contributed by atoms with Gasteiger partial charge in [0.25, 0.3) is 0 Å². The number of rotatable bonds is 0. The highest BCUT2D eigenvalue weighted by atomic mass is 17.2. The minimum Gasteiger partial charge on any atom is -0.368 e. The van der Waals surface area contributed by atoms with Crippen molar-refractivity contribution in [3.8, 4) is 0 Å². The summed E-state index contributed by atoms with van der Waals surface area (Å²) in [7, 11) is 0. The fourth-order valence-electron chi connectivity index (χ4n) is 4.87. The summed E-state index contributed by atoms with van der Waals surface area (Å²) in [6, 6.07) is 0. The van der Waals surface area contributed by atoms with Crippen LogP contribution in [0.2, 0.25) is 0 Å². The Bertz CT molecular complexity index is 415. The Kier molecular flexibility index (Phi) is 2.81. The van der Waals surface area contributed by atoms with Gasteiger partial charge in [0.05, 0.1) is 6.61 Å². The third-order valence-electron chi connectivity index (χ3n) is 6.07. The van der Waals surface area contributed by atoms with E-state index >= 15 is 0 Å². The smallest absolute Gasteiger partial charge is 0.193 e. The zero-order valence-corrected chi connectivity index (χ0v) is 12.4. The van der Waals surface area contributed by atoms with E-state index in [0.717, 1.165) is 12.8 Å². The lowest BCUT2D eigenvalue weighted by atomic mass is 9.57. The molecule has 0 unspecified atom stereocenters. The van der Waals surface area contributed by atoms with Gasteiger partial charge < -0.3 is 14.6 Å². The zero-order valence-electron chi connectivity index (χ0n) is 12.4. The second-order valence-electron chi connectivity index (χ2n) is 7.47. The van der Waals surface area contributed by atoms with Crippen LogP contribution in [0.1, 0.15) is 40.0 Å². The molecule has 4 aliphatic heterocycles. The van der Waals surface area contributed by atoms with E-state index < -0.39 is 23.8 Å². The second-order valence-corrected chi connectivity index (χ2v) is 7.47. The van der Waals surface area contributed by atoms with Crippen molar-refractivity contribution in [1.82, 2.24) is 0 Å². The summed E-state index contributed by atoms with van der Waals surface area (Å²) in [5.74, 6) is 1.18. The van der Waals surface area contributed by atoms with Gasteiger partial charge >= 0.3 is 0 Å². The van der Waals surface area contributed by atoms with Crippen molar-refractivity contribution >= 4 is 0 Å². The molecule has 1 N–H and O–H groups in total. The van der Waals surface area contributed by atoms with E-state index in [4.69, 9.17) is 19.2 Å². The highest BCUT2D eigenvalue weighted by molar-refractivity contribution is 5.10. The van der Waals surface area contributed by atoms with E-state index in [9.17, 15) is 5.11 Å². The van der Waals surface area contributed by atoms with Gasteiger partial charge in [-0.05, 0) is 32.1 Å². The number of aliphatic hydroxyl groups is 1. The van der Waals surface area contributed by atoms with E-state index in [2.05, 4.69) is 6.92 Å². The predicted octanol–water partition coefficient (Wildman–Crippen LogP) is 1.84. The third-order valence-corrected chi connectivity index (χ3v) is 6.07. The summed E-state index contributed by atoms with van der Waals surface area (Å²) in [5.41, 5.74) is -0.951. The van der Waals surface area contributed by atoms with Crippen molar-refractivity contribution in [2.75, 3.05) is 6.61 Å². The number of ether oxygens (including phenoxy) is 2. The van der Waals surface area contributed by atoms with Gasteiger partial charge in [-0.1, -0.05) is 13.8 Å². The van der Waals surface area contributed by atoms with Crippen molar-refractivity contribution in [2.45, 2.75) is 63.8 Å². The number of fused-ring (bicyclic) bond motifs is 2. The van der Waals surface area contributed by atoms with E-state index in [1.807, 2.05) is 13.8 Å². The van der Waals surface area contributed by atoms with Gasteiger partial charge in [-0.3, -0.25) is 0 Å². The molecule has 0 aromatic rings. The van der Waals surface area contributed by atoms with Gasteiger partial charge in [0.2, 0.25) is 0 Å². The van der Waals surface area contributed by atoms with Gasteiger partial charge in [-0.25, -0.2) is 9.78 Å². The number of aliphatic hydroxyl groups excluding tert-OH is 1.